The molecule has 0 bridgehead atoms. The number of anilines is 1. The molecule has 0 aliphatic rings. The number of hydrogen-bond donors (Lipinski definition) is 2. The van der Waals surface area contributed by atoms with Crippen LogP contribution in [0.15, 0.2) is 71.8 Å². The van der Waals surface area contributed by atoms with Crippen LogP contribution in [-0.4, -0.2) is 32.6 Å². The number of carbonyl (C=O) groups is 1. The third-order valence-corrected chi connectivity index (χ3v) is 4.56. The first kappa shape index (κ1) is 23.0. The molecule has 8 heteroatoms. The molecule has 0 heterocycles. The highest BCUT2D eigenvalue weighted by Crippen LogP contribution is 2.36. The number of nitrogens with one attached hydrogen (secondary N) is 2. The minimum absolute atomic E-state index is 0.290. The van der Waals surface area contributed by atoms with Gasteiger partial charge in [-0.2, -0.15) is 5.10 Å². The third kappa shape index (κ3) is 6.92. The number of rotatable bonds is 9. The van der Waals surface area contributed by atoms with Crippen LogP contribution in [0.2, 0.25) is 5.02 Å². The predicted molar refractivity (Wildman–Crippen MR) is 126 cm³/mol. The summed E-state index contributed by atoms with van der Waals surface area (Å²) >= 11 is 6.37. The standard InChI is InChI=1S/C24H24ClN3O4/c1-17-8-10-20(11-9-17)31-12-13-32-23-21(25)14-18(15-22(23)30-2)16-26-28-24(29)27-19-6-4-3-5-7-19/h3-11,14-16H,12-13H2,1-2H3,(H2,27,28,29). The van der Waals surface area contributed by atoms with Crippen molar-refractivity contribution in [3.05, 3.63) is 82.9 Å². The van der Waals surface area contributed by atoms with Gasteiger partial charge in [0.2, 0.25) is 0 Å². The van der Waals surface area contributed by atoms with E-state index in [0.717, 1.165) is 5.75 Å². The van der Waals surface area contributed by atoms with Crippen LogP contribution in [0.5, 0.6) is 17.2 Å². The minimum Gasteiger partial charge on any atom is -0.493 e. The molecule has 7 nitrogen and oxygen atoms in total. The van der Waals surface area contributed by atoms with E-state index in [0.29, 0.717) is 41.0 Å². The van der Waals surface area contributed by atoms with E-state index < -0.39 is 6.03 Å². The maximum atomic E-state index is 11.9. The maximum Gasteiger partial charge on any atom is 0.339 e. The smallest absolute Gasteiger partial charge is 0.339 e. The number of hydrogen-bond acceptors (Lipinski definition) is 5. The van der Waals surface area contributed by atoms with Crippen LogP contribution < -0.4 is 25.0 Å². The molecule has 0 atom stereocenters. The van der Waals surface area contributed by atoms with Crippen molar-refractivity contribution in [3.63, 3.8) is 0 Å². The number of hydrazone groups is 1. The summed E-state index contributed by atoms with van der Waals surface area (Å²) in [7, 11) is 1.52. The number of benzene rings is 3. The van der Waals surface area contributed by atoms with Crippen molar-refractivity contribution < 1.29 is 19.0 Å². The lowest BCUT2D eigenvalue weighted by Gasteiger charge is -2.14. The molecule has 0 aliphatic heterocycles. The van der Waals surface area contributed by atoms with Gasteiger partial charge in [-0.15, -0.1) is 0 Å². The summed E-state index contributed by atoms with van der Waals surface area (Å²) in [5.74, 6) is 1.63. The van der Waals surface area contributed by atoms with Gasteiger partial charge in [-0.3, -0.25) is 0 Å². The van der Waals surface area contributed by atoms with E-state index in [9.17, 15) is 4.79 Å². The number of halogens is 1. The maximum absolute atomic E-state index is 11.9. The second-order valence-electron chi connectivity index (χ2n) is 6.73. The fourth-order valence-corrected chi connectivity index (χ4v) is 3.01. The van der Waals surface area contributed by atoms with Crippen LogP contribution in [0, 0.1) is 6.92 Å². The Balaban J connectivity index is 1.53. The zero-order valence-electron chi connectivity index (χ0n) is 17.8. The molecule has 2 amide bonds. The van der Waals surface area contributed by atoms with Crippen molar-refractivity contribution in [1.82, 2.24) is 5.43 Å². The molecule has 166 valence electrons. The summed E-state index contributed by atoms with van der Waals surface area (Å²) < 4.78 is 16.8. The highest BCUT2D eigenvalue weighted by Gasteiger charge is 2.12. The summed E-state index contributed by atoms with van der Waals surface area (Å²) in [6.45, 7) is 2.66. The van der Waals surface area contributed by atoms with E-state index in [1.807, 2.05) is 49.4 Å². The van der Waals surface area contributed by atoms with Gasteiger partial charge in [0.25, 0.3) is 0 Å². The van der Waals surface area contributed by atoms with Crippen LogP contribution in [0.1, 0.15) is 11.1 Å². The monoisotopic (exact) mass is 453 g/mol. The predicted octanol–water partition coefficient (Wildman–Crippen LogP) is 5.27. The van der Waals surface area contributed by atoms with Crippen molar-refractivity contribution in [1.29, 1.82) is 0 Å². The molecule has 0 spiro atoms. The molecule has 0 saturated heterocycles. The molecule has 2 N–H and O–H groups in total. The Morgan fingerprint density at radius 1 is 1.03 bits per heavy atom. The number of carbonyl (C=O) groups excluding carboxylic acids is 1. The van der Waals surface area contributed by atoms with Gasteiger partial charge in [0.05, 0.1) is 18.3 Å². The summed E-state index contributed by atoms with van der Waals surface area (Å²) in [6, 6.07) is 19.8. The fourth-order valence-electron chi connectivity index (χ4n) is 2.74. The summed E-state index contributed by atoms with van der Waals surface area (Å²) in [5.41, 5.74) is 4.87. The van der Waals surface area contributed by atoms with E-state index in [2.05, 4.69) is 15.8 Å². The lowest BCUT2D eigenvalue weighted by Crippen LogP contribution is -2.24. The largest absolute Gasteiger partial charge is 0.493 e. The Hall–Kier alpha value is -3.71. The fraction of sp³-hybridized carbons (Fsp3) is 0.167. The first-order valence-corrected chi connectivity index (χ1v) is 10.3. The zero-order valence-corrected chi connectivity index (χ0v) is 18.6. The Morgan fingerprint density at radius 3 is 2.47 bits per heavy atom. The van der Waals surface area contributed by atoms with E-state index in [1.54, 1.807) is 24.3 Å². The van der Waals surface area contributed by atoms with Crippen LogP contribution >= 0.6 is 11.6 Å². The molecular weight excluding hydrogens is 430 g/mol. The van der Waals surface area contributed by atoms with Gasteiger partial charge < -0.3 is 19.5 Å². The number of methoxy groups -OCH3 is 1. The number of aryl methyl sites for hydroxylation is 1. The summed E-state index contributed by atoms with van der Waals surface area (Å²) in [5, 5.41) is 6.96. The molecular formula is C24H24ClN3O4. The van der Waals surface area contributed by atoms with Crippen molar-refractivity contribution in [2.75, 3.05) is 25.6 Å². The normalized spacial score (nSPS) is 10.6. The Bertz CT molecular complexity index is 1060. The molecule has 0 unspecified atom stereocenters. The quantitative estimate of drug-likeness (QED) is 0.263. The number of para-hydroxylation sites is 1. The lowest BCUT2D eigenvalue weighted by molar-refractivity contribution is 0.211. The lowest BCUT2D eigenvalue weighted by atomic mass is 10.2. The molecule has 3 rings (SSSR count). The van der Waals surface area contributed by atoms with Crippen LogP contribution in [-0.2, 0) is 0 Å². The van der Waals surface area contributed by atoms with Crippen molar-refractivity contribution in [2.45, 2.75) is 6.92 Å². The van der Waals surface area contributed by atoms with E-state index >= 15 is 0 Å². The molecule has 32 heavy (non-hydrogen) atoms. The van der Waals surface area contributed by atoms with Gasteiger partial charge in [-0.25, -0.2) is 10.2 Å². The number of amides is 2. The molecule has 0 fully saturated rings. The molecule has 3 aromatic rings. The molecule has 3 aromatic carbocycles. The van der Waals surface area contributed by atoms with Crippen LogP contribution in [0.4, 0.5) is 10.5 Å². The van der Waals surface area contributed by atoms with Gasteiger partial charge in [0.15, 0.2) is 11.5 Å². The average Bonchev–Trinajstić information content (AvgIpc) is 2.79. The highest BCUT2D eigenvalue weighted by atomic mass is 35.5. The molecule has 0 aliphatic carbocycles. The first-order valence-electron chi connectivity index (χ1n) is 9.90. The minimum atomic E-state index is -0.459. The molecule has 0 radical (unpaired) electrons. The van der Waals surface area contributed by atoms with Gasteiger partial charge in [0, 0.05) is 5.69 Å². The third-order valence-electron chi connectivity index (χ3n) is 4.28. The van der Waals surface area contributed by atoms with Gasteiger partial charge >= 0.3 is 6.03 Å². The topological polar surface area (TPSA) is 81.2 Å². The Morgan fingerprint density at radius 2 is 1.75 bits per heavy atom. The van der Waals surface area contributed by atoms with Crippen LogP contribution in [0.25, 0.3) is 0 Å². The van der Waals surface area contributed by atoms with Gasteiger partial charge in [-0.05, 0) is 48.9 Å². The van der Waals surface area contributed by atoms with E-state index in [-0.39, 0.29) is 0 Å². The van der Waals surface area contributed by atoms with Gasteiger partial charge in [0.1, 0.15) is 19.0 Å². The zero-order chi connectivity index (χ0) is 22.8. The van der Waals surface area contributed by atoms with Crippen molar-refractivity contribution in [2.24, 2.45) is 5.10 Å². The Kier molecular flexibility index (Phi) is 8.34. The summed E-state index contributed by atoms with van der Waals surface area (Å²) in [6.07, 6.45) is 1.46. The number of nitrogens with zero attached hydrogens (tertiary/aromatic N) is 1. The molecule has 0 aromatic heterocycles. The van der Waals surface area contributed by atoms with Crippen molar-refractivity contribution in [3.8, 4) is 17.2 Å². The second-order valence-corrected chi connectivity index (χ2v) is 7.14. The average molecular weight is 454 g/mol. The molecule has 0 saturated carbocycles. The van der Waals surface area contributed by atoms with Crippen molar-refractivity contribution >= 4 is 29.5 Å². The van der Waals surface area contributed by atoms with Crippen LogP contribution in [0.3, 0.4) is 0 Å². The number of urea groups is 1. The first-order chi connectivity index (χ1) is 15.5. The number of ether oxygens (including phenoxy) is 3. The van der Waals surface area contributed by atoms with E-state index in [4.69, 9.17) is 25.8 Å². The SMILES string of the molecule is COc1cc(C=NNC(=O)Nc2ccccc2)cc(Cl)c1OCCOc1ccc(C)cc1. The second kappa shape index (κ2) is 11.6. The highest BCUT2D eigenvalue weighted by molar-refractivity contribution is 6.32. The van der Waals surface area contributed by atoms with Gasteiger partial charge in [-0.1, -0.05) is 47.5 Å². The Labute approximate surface area is 192 Å². The van der Waals surface area contributed by atoms with E-state index in [1.165, 1.54) is 18.9 Å². The summed E-state index contributed by atoms with van der Waals surface area (Å²) in [4.78, 5) is 11.9.